The van der Waals surface area contributed by atoms with Gasteiger partial charge >= 0.3 is 0 Å². The maximum Gasteiger partial charge on any atom is 0.143 e. The number of rotatable bonds is 3. The van der Waals surface area contributed by atoms with E-state index in [1.54, 1.807) is 0 Å². The zero-order valence-corrected chi connectivity index (χ0v) is 11.1. The maximum atomic E-state index is 12.3. The van der Waals surface area contributed by atoms with Gasteiger partial charge in [-0.3, -0.25) is 9.78 Å². The Morgan fingerprint density at radius 1 is 1.26 bits per heavy atom. The molecule has 1 aliphatic rings. The highest BCUT2D eigenvalue weighted by atomic mass is 16.1. The van der Waals surface area contributed by atoms with Crippen molar-refractivity contribution in [1.82, 2.24) is 10.3 Å². The third-order valence-corrected chi connectivity index (χ3v) is 3.94. The lowest BCUT2D eigenvalue weighted by atomic mass is 9.91. The predicted octanol–water partition coefficient (Wildman–Crippen LogP) is 2.20. The van der Waals surface area contributed by atoms with Crippen LogP contribution in [0.1, 0.15) is 12.6 Å². The van der Waals surface area contributed by atoms with Crippen molar-refractivity contribution >= 4 is 16.7 Å². The van der Waals surface area contributed by atoms with Crippen molar-refractivity contribution < 1.29 is 4.79 Å². The summed E-state index contributed by atoms with van der Waals surface area (Å²) in [7, 11) is 0. The standard InChI is InChI=1S/C16H18N2O/c1-11-9-17-10-14(11)16(19)8-13-7-6-12-4-2-3-5-15(12)18-13/h2-7,11,14,17H,8-10H2,1H3. The van der Waals surface area contributed by atoms with Gasteiger partial charge in [0.15, 0.2) is 0 Å². The van der Waals surface area contributed by atoms with Crippen molar-refractivity contribution in [3.63, 3.8) is 0 Å². The quantitative estimate of drug-likeness (QED) is 0.913. The first-order valence-electron chi connectivity index (χ1n) is 6.82. The number of nitrogens with one attached hydrogen (secondary N) is 1. The number of nitrogens with zero attached hydrogens (tertiary/aromatic N) is 1. The second kappa shape index (κ2) is 5.10. The van der Waals surface area contributed by atoms with Crippen molar-refractivity contribution in [1.29, 1.82) is 0 Å². The van der Waals surface area contributed by atoms with E-state index < -0.39 is 0 Å². The van der Waals surface area contributed by atoms with Gasteiger partial charge in [-0.15, -0.1) is 0 Å². The molecule has 0 amide bonds. The normalized spacial score (nSPS) is 22.8. The number of pyridine rings is 1. The zero-order chi connectivity index (χ0) is 13.2. The molecule has 3 rings (SSSR count). The van der Waals surface area contributed by atoms with Gasteiger partial charge in [0.2, 0.25) is 0 Å². The van der Waals surface area contributed by atoms with Gasteiger partial charge in [-0.05, 0) is 24.6 Å². The summed E-state index contributed by atoms with van der Waals surface area (Å²) in [6, 6.07) is 12.0. The number of aromatic nitrogens is 1. The summed E-state index contributed by atoms with van der Waals surface area (Å²) in [5.74, 6) is 0.890. The smallest absolute Gasteiger partial charge is 0.143 e. The highest BCUT2D eigenvalue weighted by molar-refractivity contribution is 5.85. The first-order chi connectivity index (χ1) is 9.24. The van der Waals surface area contributed by atoms with E-state index in [4.69, 9.17) is 0 Å². The van der Waals surface area contributed by atoms with Gasteiger partial charge in [0, 0.05) is 30.0 Å². The fourth-order valence-electron chi connectivity index (χ4n) is 2.76. The van der Waals surface area contributed by atoms with Gasteiger partial charge < -0.3 is 5.32 Å². The summed E-state index contributed by atoms with van der Waals surface area (Å²) in [5.41, 5.74) is 1.84. The Labute approximate surface area is 113 Å². The molecule has 3 nitrogen and oxygen atoms in total. The Balaban J connectivity index is 1.79. The van der Waals surface area contributed by atoms with Crippen molar-refractivity contribution in [2.24, 2.45) is 11.8 Å². The van der Waals surface area contributed by atoms with Crippen molar-refractivity contribution in [3.05, 3.63) is 42.1 Å². The molecule has 2 unspecified atom stereocenters. The summed E-state index contributed by atoms with van der Waals surface area (Å²) in [4.78, 5) is 16.9. The molecule has 1 saturated heterocycles. The van der Waals surface area contributed by atoms with Crippen LogP contribution in [-0.4, -0.2) is 23.9 Å². The van der Waals surface area contributed by atoms with Crippen LogP contribution in [0.5, 0.6) is 0 Å². The molecular formula is C16H18N2O. The predicted molar refractivity (Wildman–Crippen MR) is 76.0 cm³/mol. The number of hydrogen-bond acceptors (Lipinski definition) is 3. The van der Waals surface area contributed by atoms with E-state index in [0.29, 0.717) is 18.1 Å². The second-order valence-electron chi connectivity index (χ2n) is 5.38. The number of fused-ring (bicyclic) bond motifs is 1. The Bertz CT molecular complexity index is 608. The number of benzene rings is 1. The van der Waals surface area contributed by atoms with E-state index in [1.807, 2.05) is 36.4 Å². The van der Waals surface area contributed by atoms with Gasteiger partial charge in [0.1, 0.15) is 5.78 Å². The van der Waals surface area contributed by atoms with Gasteiger partial charge in [-0.1, -0.05) is 31.2 Å². The van der Waals surface area contributed by atoms with Crippen LogP contribution >= 0.6 is 0 Å². The molecule has 1 aromatic carbocycles. The molecule has 3 heteroatoms. The summed E-state index contributed by atoms with van der Waals surface area (Å²) in [5, 5.41) is 4.40. The molecule has 0 saturated carbocycles. The molecule has 1 aromatic heterocycles. The number of Topliss-reactive ketones (excluding diaryl/α,β-unsaturated/α-hetero) is 1. The number of ketones is 1. The molecule has 19 heavy (non-hydrogen) atoms. The van der Waals surface area contributed by atoms with Crippen LogP contribution in [0, 0.1) is 11.8 Å². The molecule has 0 spiro atoms. The number of hydrogen-bond donors (Lipinski definition) is 1. The molecule has 1 aliphatic heterocycles. The molecule has 0 bridgehead atoms. The van der Waals surface area contributed by atoms with Crippen molar-refractivity contribution in [3.8, 4) is 0 Å². The molecule has 1 fully saturated rings. The van der Waals surface area contributed by atoms with E-state index in [-0.39, 0.29) is 5.92 Å². The topological polar surface area (TPSA) is 42.0 Å². The summed E-state index contributed by atoms with van der Waals surface area (Å²) in [6.45, 7) is 3.89. The first kappa shape index (κ1) is 12.3. The fourth-order valence-corrected chi connectivity index (χ4v) is 2.76. The van der Waals surface area contributed by atoms with Crippen LogP contribution in [0.15, 0.2) is 36.4 Å². The SMILES string of the molecule is CC1CNCC1C(=O)Cc1ccc2ccccc2n1. The minimum absolute atomic E-state index is 0.147. The molecule has 2 atom stereocenters. The third kappa shape index (κ3) is 2.51. The summed E-state index contributed by atoms with van der Waals surface area (Å²) < 4.78 is 0. The molecule has 2 aromatic rings. The molecule has 0 radical (unpaired) electrons. The van der Waals surface area contributed by atoms with Crippen LogP contribution in [-0.2, 0) is 11.2 Å². The Morgan fingerprint density at radius 2 is 2.11 bits per heavy atom. The summed E-state index contributed by atoms with van der Waals surface area (Å²) in [6.07, 6.45) is 0.446. The van der Waals surface area contributed by atoms with Crippen LogP contribution in [0.2, 0.25) is 0 Å². The van der Waals surface area contributed by atoms with E-state index in [2.05, 4.69) is 17.2 Å². The lowest BCUT2D eigenvalue weighted by Gasteiger charge is -2.12. The third-order valence-electron chi connectivity index (χ3n) is 3.94. The number of para-hydroxylation sites is 1. The van der Waals surface area contributed by atoms with Gasteiger partial charge in [-0.25, -0.2) is 0 Å². The zero-order valence-electron chi connectivity index (χ0n) is 11.1. The van der Waals surface area contributed by atoms with Crippen LogP contribution < -0.4 is 5.32 Å². The average molecular weight is 254 g/mol. The Hall–Kier alpha value is -1.74. The van der Waals surface area contributed by atoms with Crippen molar-refractivity contribution in [2.75, 3.05) is 13.1 Å². The van der Waals surface area contributed by atoms with Crippen LogP contribution in [0.4, 0.5) is 0 Å². The van der Waals surface area contributed by atoms with Crippen molar-refractivity contribution in [2.45, 2.75) is 13.3 Å². The highest BCUT2D eigenvalue weighted by Gasteiger charge is 2.29. The minimum Gasteiger partial charge on any atom is -0.316 e. The molecular weight excluding hydrogens is 236 g/mol. The summed E-state index contributed by atoms with van der Waals surface area (Å²) >= 11 is 0. The first-order valence-corrected chi connectivity index (χ1v) is 6.82. The lowest BCUT2D eigenvalue weighted by molar-refractivity contribution is -0.122. The molecule has 1 N–H and O–H groups in total. The van der Waals surface area contributed by atoms with E-state index in [1.165, 1.54) is 0 Å². The minimum atomic E-state index is 0.147. The van der Waals surface area contributed by atoms with Crippen LogP contribution in [0.3, 0.4) is 0 Å². The fraction of sp³-hybridized carbons (Fsp3) is 0.375. The second-order valence-corrected chi connectivity index (χ2v) is 5.38. The Kier molecular flexibility index (Phi) is 3.30. The van der Waals surface area contributed by atoms with E-state index >= 15 is 0 Å². The maximum absolute atomic E-state index is 12.3. The van der Waals surface area contributed by atoms with Gasteiger partial charge in [-0.2, -0.15) is 0 Å². The monoisotopic (exact) mass is 254 g/mol. The Morgan fingerprint density at radius 3 is 2.89 bits per heavy atom. The van der Waals surface area contributed by atoms with Gasteiger partial charge in [0.05, 0.1) is 5.52 Å². The average Bonchev–Trinajstić information content (AvgIpc) is 2.85. The van der Waals surface area contributed by atoms with Gasteiger partial charge in [0.25, 0.3) is 0 Å². The molecule has 98 valence electrons. The number of carbonyl (C=O) groups excluding carboxylic acids is 1. The largest absolute Gasteiger partial charge is 0.316 e. The molecule has 2 heterocycles. The van der Waals surface area contributed by atoms with Crippen LogP contribution in [0.25, 0.3) is 10.9 Å². The highest BCUT2D eigenvalue weighted by Crippen LogP contribution is 2.19. The molecule has 0 aliphatic carbocycles. The van der Waals surface area contributed by atoms with E-state index in [9.17, 15) is 4.79 Å². The van der Waals surface area contributed by atoms with E-state index in [0.717, 1.165) is 29.7 Å². The lowest BCUT2D eigenvalue weighted by Crippen LogP contribution is -2.23. The number of carbonyl (C=O) groups is 1.